The fraction of sp³-hybridized carbons (Fsp3) is 0.231. The van der Waals surface area contributed by atoms with Gasteiger partial charge in [-0.2, -0.15) is 0 Å². The molecule has 1 atom stereocenters. The second-order valence-electron chi connectivity index (χ2n) is 7.88. The minimum absolute atomic E-state index is 0.167. The molecule has 0 aliphatic carbocycles. The van der Waals surface area contributed by atoms with Crippen molar-refractivity contribution in [1.29, 1.82) is 0 Å². The molecule has 158 valence electrons. The van der Waals surface area contributed by atoms with Crippen molar-refractivity contribution in [1.82, 2.24) is 14.5 Å². The van der Waals surface area contributed by atoms with Crippen LogP contribution in [0.2, 0.25) is 0 Å². The van der Waals surface area contributed by atoms with Crippen molar-refractivity contribution in [2.24, 2.45) is 7.05 Å². The molecule has 0 saturated heterocycles. The monoisotopic (exact) mass is 413 g/mol. The Bertz CT molecular complexity index is 1170. The van der Waals surface area contributed by atoms with Gasteiger partial charge in [-0.05, 0) is 28.8 Å². The Balaban J connectivity index is 1.39. The van der Waals surface area contributed by atoms with E-state index in [0.717, 1.165) is 28.0 Å². The summed E-state index contributed by atoms with van der Waals surface area (Å²) in [7, 11) is 3.81. The summed E-state index contributed by atoms with van der Waals surface area (Å²) in [4.78, 5) is 18.7. The number of fused-ring (bicyclic) bond motifs is 1. The quantitative estimate of drug-likeness (QED) is 0.420. The van der Waals surface area contributed by atoms with E-state index in [9.17, 15) is 4.79 Å². The average molecular weight is 414 g/mol. The second-order valence-corrected chi connectivity index (χ2v) is 7.88. The van der Waals surface area contributed by atoms with Gasteiger partial charge in [0, 0.05) is 26.6 Å². The fourth-order valence-electron chi connectivity index (χ4n) is 3.78. The maximum Gasteiger partial charge on any atom is 0.410 e. The van der Waals surface area contributed by atoms with E-state index in [-0.39, 0.29) is 18.6 Å². The standard InChI is InChI=1S/C26H27N3O2/c1-19(25-27-23-11-7-8-12-24(23)29(25)3)22-15-13-20(14-16-22)17-28(2)26(30)31-18-21-9-5-4-6-10-21/h4-16,19H,17-18H2,1-3H3. The summed E-state index contributed by atoms with van der Waals surface area (Å²) in [5, 5.41) is 0. The first kappa shape index (κ1) is 20.7. The Kier molecular flexibility index (Phi) is 6.03. The van der Waals surface area contributed by atoms with Gasteiger partial charge < -0.3 is 14.2 Å². The number of hydrogen-bond donors (Lipinski definition) is 0. The van der Waals surface area contributed by atoms with Gasteiger partial charge in [0.25, 0.3) is 0 Å². The number of aryl methyl sites for hydroxylation is 1. The van der Waals surface area contributed by atoms with Crippen LogP contribution >= 0.6 is 0 Å². The molecule has 31 heavy (non-hydrogen) atoms. The molecule has 0 spiro atoms. The van der Waals surface area contributed by atoms with Gasteiger partial charge in [-0.3, -0.25) is 0 Å². The number of carbonyl (C=O) groups excluding carboxylic acids is 1. The summed E-state index contributed by atoms with van der Waals surface area (Å²) in [6.45, 7) is 2.94. The van der Waals surface area contributed by atoms with Crippen LogP contribution in [0.4, 0.5) is 4.79 Å². The molecule has 0 N–H and O–H groups in total. The number of imidazole rings is 1. The van der Waals surface area contributed by atoms with Crippen LogP contribution < -0.4 is 0 Å². The van der Waals surface area contributed by atoms with Crippen molar-refractivity contribution in [2.75, 3.05) is 7.05 Å². The lowest BCUT2D eigenvalue weighted by molar-refractivity contribution is 0.103. The van der Waals surface area contributed by atoms with Crippen LogP contribution in [0.5, 0.6) is 0 Å². The SMILES string of the molecule is CC(c1ccc(CN(C)C(=O)OCc2ccccc2)cc1)c1nc2ccccc2n1C. The van der Waals surface area contributed by atoms with Crippen LogP contribution in [0.25, 0.3) is 11.0 Å². The van der Waals surface area contributed by atoms with Crippen molar-refractivity contribution in [3.05, 3.63) is 101 Å². The third-order valence-corrected chi connectivity index (χ3v) is 5.63. The first-order valence-corrected chi connectivity index (χ1v) is 10.4. The molecular weight excluding hydrogens is 386 g/mol. The number of ether oxygens (including phenoxy) is 1. The molecule has 1 amide bonds. The number of nitrogens with zero attached hydrogens (tertiary/aromatic N) is 3. The Morgan fingerprint density at radius 1 is 0.968 bits per heavy atom. The van der Waals surface area contributed by atoms with E-state index in [4.69, 9.17) is 9.72 Å². The largest absolute Gasteiger partial charge is 0.445 e. The summed E-state index contributed by atoms with van der Waals surface area (Å²) >= 11 is 0. The van der Waals surface area contributed by atoms with E-state index in [2.05, 4.69) is 48.9 Å². The Labute approximate surface area is 182 Å². The lowest BCUT2D eigenvalue weighted by Crippen LogP contribution is -2.26. The number of carbonyl (C=O) groups is 1. The van der Waals surface area contributed by atoms with E-state index < -0.39 is 0 Å². The molecule has 1 unspecified atom stereocenters. The highest BCUT2D eigenvalue weighted by atomic mass is 16.6. The molecule has 5 heteroatoms. The molecule has 5 nitrogen and oxygen atoms in total. The van der Waals surface area contributed by atoms with E-state index in [1.165, 1.54) is 5.56 Å². The lowest BCUT2D eigenvalue weighted by atomic mass is 9.99. The predicted octanol–water partition coefficient (Wildman–Crippen LogP) is 5.49. The van der Waals surface area contributed by atoms with Crippen molar-refractivity contribution >= 4 is 17.1 Å². The summed E-state index contributed by atoms with van der Waals surface area (Å²) in [5.74, 6) is 1.20. The maximum absolute atomic E-state index is 12.3. The molecule has 0 saturated carbocycles. The van der Waals surface area contributed by atoms with E-state index in [1.54, 1.807) is 11.9 Å². The topological polar surface area (TPSA) is 47.4 Å². The van der Waals surface area contributed by atoms with Crippen LogP contribution in [-0.2, 0) is 24.9 Å². The average Bonchev–Trinajstić information content (AvgIpc) is 3.14. The van der Waals surface area contributed by atoms with Crippen molar-refractivity contribution < 1.29 is 9.53 Å². The summed E-state index contributed by atoms with van der Waals surface area (Å²) in [6, 6.07) is 26.2. The highest BCUT2D eigenvalue weighted by Crippen LogP contribution is 2.26. The van der Waals surface area contributed by atoms with Crippen molar-refractivity contribution in [3.63, 3.8) is 0 Å². The van der Waals surface area contributed by atoms with Crippen molar-refractivity contribution in [3.8, 4) is 0 Å². The molecular formula is C26H27N3O2. The number of para-hydroxylation sites is 2. The minimum atomic E-state index is -0.332. The molecule has 4 aromatic rings. The zero-order valence-corrected chi connectivity index (χ0v) is 18.2. The van der Waals surface area contributed by atoms with Crippen LogP contribution in [0.1, 0.15) is 35.4 Å². The van der Waals surface area contributed by atoms with Crippen LogP contribution in [-0.4, -0.2) is 27.6 Å². The second kappa shape index (κ2) is 9.04. The highest BCUT2D eigenvalue weighted by Gasteiger charge is 2.17. The molecule has 1 heterocycles. The van der Waals surface area contributed by atoms with Gasteiger partial charge in [0.15, 0.2) is 0 Å². The zero-order chi connectivity index (χ0) is 21.8. The molecule has 0 fully saturated rings. The molecule has 0 aliphatic heterocycles. The molecule has 1 aromatic heterocycles. The van der Waals surface area contributed by atoms with Gasteiger partial charge in [-0.1, -0.05) is 73.7 Å². The number of amides is 1. The maximum atomic E-state index is 12.3. The van der Waals surface area contributed by atoms with Gasteiger partial charge >= 0.3 is 6.09 Å². The van der Waals surface area contributed by atoms with Crippen LogP contribution in [0.3, 0.4) is 0 Å². The molecule has 0 radical (unpaired) electrons. The van der Waals surface area contributed by atoms with Gasteiger partial charge in [0.1, 0.15) is 12.4 Å². The Hall–Kier alpha value is -3.60. The third-order valence-electron chi connectivity index (χ3n) is 5.63. The molecule has 3 aromatic carbocycles. The summed E-state index contributed by atoms with van der Waals surface area (Å²) < 4.78 is 7.56. The summed E-state index contributed by atoms with van der Waals surface area (Å²) in [6.07, 6.45) is -0.332. The first-order chi connectivity index (χ1) is 15.0. The van der Waals surface area contributed by atoms with Crippen LogP contribution in [0.15, 0.2) is 78.9 Å². The molecule has 0 aliphatic rings. The number of hydrogen-bond acceptors (Lipinski definition) is 3. The Morgan fingerprint density at radius 3 is 2.35 bits per heavy atom. The zero-order valence-electron chi connectivity index (χ0n) is 18.2. The van der Waals surface area contributed by atoms with Gasteiger partial charge in [0.2, 0.25) is 0 Å². The van der Waals surface area contributed by atoms with E-state index >= 15 is 0 Å². The van der Waals surface area contributed by atoms with Gasteiger partial charge in [0.05, 0.1) is 11.0 Å². The fourth-order valence-corrected chi connectivity index (χ4v) is 3.78. The van der Waals surface area contributed by atoms with Gasteiger partial charge in [-0.25, -0.2) is 9.78 Å². The normalized spacial score (nSPS) is 12.0. The summed E-state index contributed by atoms with van der Waals surface area (Å²) in [5.41, 5.74) is 5.37. The minimum Gasteiger partial charge on any atom is -0.445 e. The van der Waals surface area contributed by atoms with Crippen molar-refractivity contribution in [2.45, 2.75) is 26.0 Å². The molecule has 4 rings (SSSR count). The lowest BCUT2D eigenvalue weighted by Gasteiger charge is -2.18. The Morgan fingerprint density at radius 2 is 1.65 bits per heavy atom. The number of aromatic nitrogens is 2. The smallest absolute Gasteiger partial charge is 0.410 e. The third kappa shape index (κ3) is 4.61. The first-order valence-electron chi connectivity index (χ1n) is 10.4. The number of benzene rings is 3. The van der Waals surface area contributed by atoms with E-state index in [1.807, 2.05) is 48.5 Å². The van der Waals surface area contributed by atoms with E-state index in [0.29, 0.717) is 6.54 Å². The number of rotatable bonds is 6. The predicted molar refractivity (Wildman–Crippen MR) is 123 cm³/mol. The van der Waals surface area contributed by atoms with Crippen LogP contribution in [0, 0.1) is 0 Å². The van der Waals surface area contributed by atoms with Gasteiger partial charge in [-0.15, -0.1) is 0 Å². The molecule has 0 bridgehead atoms. The highest BCUT2D eigenvalue weighted by molar-refractivity contribution is 5.76.